The lowest BCUT2D eigenvalue weighted by Crippen LogP contribution is -2.26. The van der Waals surface area contributed by atoms with Gasteiger partial charge in [-0.15, -0.1) is 0 Å². The third kappa shape index (κ3) is 5.57. The van der Waals surface area contributed by atoms with Crippen LogP contribution in [-0.2, 0) is 16.0 Å². The fraction of sp³-hybridized carbons (Fsp3) is 0.154. The lowest BCUT2D eigenvalue weighted by atomic mass is 10.0. The van der Waals surface area contributed by atoms with E-state index in [0.29, 0.717) is 17.2 Å². The van der Waals surface area contributed by atoms with Gasteiger partial charge in [-0.1, -0.05) is 60.7 Å². The molecule has 0 radical (unpaired) electrons. The number of aromatic nitrogens is 3. The highest BCUT2D eigenvalue weighted by molar-refractivity contribution is 6.13. The highest BCUT2D eigenvalue weighted by Gasteiger charge is 2.23. The van der Waals surface area contributed by atoms with Crippen molar-refractivity contribution in [3.8, 4) is 5.82 Å². The van der Waals surface area contributed by atoms with Crippen LogP contribution in [0.5, 0.6) is 0 Å². The molecule has 0 amide bonds. The van der Waals surface area contributed by atoms with E-state index in [9.17, 15) is 9.18 Å². The van der Waals surface area contributed by atoms with Crippen molar-refractivity contribution in [2.45, 2.75) is 19.4 Å². The van der Waals surface area contributed by atoms with Crippen molar-refractivity contribution in [1.29, 1.82) is 0 Å². The Morgan fingerprint density at radius 3 is 2.24 bits per heavy atom. The smallest absolute Gasteiger partial charge is 0.331 e. The minimum absolute atomic E-state index is 0.246. The molecule has 4 rings (SSSR count). The average Bonchev–Trinajstić information content (AvgIpc) is 3.32. The molecule has 2 aromatic heterocycles. The first-order chi connectivity index (χ1) is 16.1. The summed E-state index contributed by atoms with van der Waals surface area (Å²) in [5, 5.41) is 4.50. The van der Waals surface area contributed by atoms with Gasteiger partial charge >= 0.3 is 5.97 Å². The van der Waals surface area contributed by atoms with Crippen LogP contribution in [0, 0.1) is 5.82 Å². The molecule has 0 aliphatic carbocycles. The van der Waals surface area contributed by atoms with E-state index in [-0.39, 0.29) is 13.0 Å². The van der Waals surface area contributed by atoms with E-state index >= 15 is 0 Å². The molecule has 0 saturated carbocycles. The number of hydrogen-bond donors (Lipinski definition) is 0. The molecule has 0 spiro atoms. The van der Waals surface area contributed by atoms with E-state index in [1.54, 1.807) is 19.2 Å². The van der Waals surface area contributed by atoms with Crippen LogP contribution >= 0.6 is 0 Å². The first-order valence-electron chi connectivity index (χ1n) is 10.7. The van der Waals surface area contributed by atoms with Crippen molar-refractivity contribution in [3.63, 3.8) is 0 Å². The first kappa shape index (κ1) is 22.1. The number of rotatable bonds is 8. The number of esters is 1. The van der Waals surface area contributed by atoms with Crippen LogP contribution in [0.15, 0.2) is 96.2 Å². The highest BCUT2D eigenvalue weighted by atomic mass is 19.1. The number of carbonyl (C=O) groups excluding carboxylic acids is 1. The van der Waals surface area contributed by atoms with E-state index in [1.165, 1.54) is 16.8 Å². The van der Waals surface area contributed by atoms with E-state index in [0.717, 1.165) is 17.3 Å². The Morgan fingerprint density at radius 2 is 1.67 bits per heavy atom. The van der Waals surface area contributed by atoms with Crippen LogP contribution < -0.4 is 0 Å². The van der Waals surface area contributed by atoms with Crippen molar-refractivity contribution < 1.29 is 13.9 Å². The molecule has 2 aromatic carbocycles. The topological polar surface area (TPSA) is 69.4 Å². The van der Waals surface area contributed by atoms with Crippen molar-refractivity contribution in [2.75, 3.05) is 6.61 Å². The quantitative estimate of drug-likeness (QED) is 0.299. The third-order valence-electron chi connectivity index (χ3n) is 4.93. The van der Waals surface area contributed by atoms with Crippen LogP contribution in [0.1, 0.15) is 23.7 Å². The Hall–Kier alpha value is -4.13. The maximum Gasteiger partial charge on any atom is 0.331 e. The summed E-state index contributed by atoms with van der Waals surface area (Å²) in [6.07, 6.45) is 3.10. The van der Waals surface area contributed by atoms with Gasteiger partial charge in [0.1, 0.15) is 5.82 Å². The van der Waals surface area contributed by atoms with Gasteiger partial charge in [-0.05, 0) is 25.1 Å². The zero-order chi connectivity index (χ0) is 23.0. The Labute approximate surface area is 191 Å². The summed E-state index contributed by atoms with van der Waals surface area (Å²) < 4.78 is 20.0. The van der Waals surface area contributed by atoms with Gasteiger partial charge in [0.2, 0.25) is 0 Å². The summed E-state index contributed by atoms with van der Waals surface area (Å²) in [7, 11) is 0. The third-order valence-corrected chi connectivity index (χ3v) is 4.93. The maximum absolute atomic E-state index is 13.2. The van der Waals surface area contributed by atoms with Crippen molar-refractivity contribution >= 4 is 11.7 Å². The minimum Gasteiger partial charge on any atom is -0.464 e. The summed E-state index contributed by atoms with van der Waals surface area (Å²) >= 11 is 0. The summed E-state index contributed by atoms with van der Waals surface area (Å²) in [5.41, 5.74) is 3.15. The number of nitrogens with zero attached hydrogens (tertiary/aromatic N) is 4. The molecule has 6 nitrogen and oxygen atoms in total. The van der Waals surface area contributed by atoms with Gasteiger partial charge in [0.25, 0.3) is 0 Å². The van der Waals surface area contributed by atoms with Crippen molar-refractivity contribution in [2.24, 2.45) is 4.99 Å². The molecule has 0 fully saturated rings. The number of pyridine rings is 1. The molecule has 4 aromatic rings. The molecule has 2 heterocycles. The summed E-state index contributed by atoms with van der Waals surface area (Å²) in [5.74, 6) is -0.360. The molecule has 0 aliphatic rings. The summed E-state index contributed by atoms with van der Waals surface area (Å²) in [4.78, 5) is 21.7. The molecule has 0 bridgehead atoms. The average molecular weight is 442 g/mol. The maximum atomic E-state index is 13.2. The fourth-order valence-corrected chi connectivity index (χ4v) is 3.38. The van der Waals surface area contributed by atoms with Gasteiger partial charge in [-0.25, -0.2) is 18.9 Å². The molecular formula is C26H23FN4O2. The number of carbonyl (C=O) groups is 1. The Kier molecular flexibility index (Phi) is 6.99. The van der Waals surface area contributed by atoms with Crippen LogP contribution in [0.2, 0.25) is 0 Å². The molecule has 166 valence electrons. The predicted molar refractivity (Wildman–Crippen MR) is 124 cm³/mol. The van der Waals surface area contributed by atoms with E-state index < -0.39 is 17.8 Å². The molecule has 1 unspecified atom stereocenters. The predicted octanol–water partition coefficient (Wildman–Crippen LogP) is 4.42. The van der Waals surface area contributed by atoms with Crippen molar-refractivity contribution in [3.05, 3.63) is 114 Å². The standard InChI is InChI=1S/C26H23FN4O2/c1-2-33-26(32)23(17-22-15-16-31(30-22)24-14-13-21(27)18-28-24)29-25(19-9-5-3-6-10-19)20-11-7-4-8-12-20/h3-16,18,23H,2,17H2,1H3. The molecule has 1 atom stereocenters. The largest absolute Gasteiger partial charge is 0.464 e. The van der Waals surface area contributed by atoms with Gasteiger partial charge in [0.15, 0.2) is 11.9 Å². The van der Waals surface area contributed by atoms with Gasteiger partial charge < -0.3 is 4.74 Å². The van der Waals surface area contributed by atoms with Crippen LogP contribution in [0.4, 0.5) is 4.39 Å². The monoisotopic (exact) mass is 442 g/mol. The zero-order valence-corrected chi connectivity index (χ0v) is 18.1. The van der Waals surface area contributed by atoms with Crippen molar-refractivity contribution in [1.82, 2.24) is 14.8 Å². The molecule has 0 N–H and O–H groups in total. The van der Waals surface area contributed by atoms with E-state index in [1.807, 2.05) is 60.7 Å². The molecule has 33 heavy (non-hydrogen) atoms. The molecule has 7 heteroatoms. The molecular weight excluding hydrogens is 419 g/mol. The Morgan fingerprint density at radius 1 is 1.00 bits per heavy atom. The Balaban J connectivity index is 1.69. The SMILES string of the molecule is CCOC(=O)C(Cc1ccn(-c2ccc(F)cn2)n1)N=C(c1ccccc1)c1ccccc1. The summed E-state index contributed by atoms with van der Waals surface area (Å²) in [6.45, 7) is 2.02. The summed E-state index contributed by atoms with van der Waals surface area (Å²) in [6, 6.07) is 23.3. The fourth-order valence-electron chi connectivity index (χ4n) is 3.38. The van der Waals surface area contributed by atoms with Gasteiger partial charge in [0.05, 0.1) is 24.2 Å². The Bertz CT molecular complexity index is 1180. The van der Waals surface area contributed by atoms with Crippen LogP contribution in [-0.4, -0.2) is 39.1 Å². The number of aliphatic imine (C=N–C) groups is 1. The highest BCUT2D eigenvalue weighted by Crippen LogP contribution is 2.16. The first-order valence-corrected chi connectivity index (χ1v) is 10.7. The molecule has 0 aliphatic heterocycles. The lowest BCUT2D eigenvalue weighted by Gasteiger charge is -2.14. The molecule has 0 saturated heterocycles. The number of benzene rings is 2. The number of halogens is 1. The van der Waals surface area contributed by atoms with E-state index in [2.05, 4.69) is 10.1 Å². The second-order valence-corrected chi connectivity index (χ2v) is 7.27. The van der Waals surface area contributed by atoms with Gasteiger partial charge in [-0.2, -0.15) is 5.10 Å². The van der Waals surface area contributed by atoms with Crippen LogP contribution in [0.3, 0.4) is 0 Å². The second kappa shape index (κ2) is 10.5. The lowest BCUT2D eigenvalue weighted by molar-refractivity contribution is -0.144. The van der Waals surface area contributed by atoms with Gasteiger partial charge in [-0.3, -0.25) is 4.99 Å². The number of ether oxygens (including phenoxy) is 1. The van der Waals surface area contributed by atoms with E-state index in [4.69, 9.17) is 9.73 Å². The number of hydrogen-bond acceptors (Lipinski definition) is 5. The minimum atomic E-state index is -0.787. The van der Waals surface area contributed by atoms with Crippen LogP contribution in [0.25, 0.3) is 5.82 Å². The second-order valence-electron chi connectivity index (χ2n) is 7.27. The zero-order valence-electron chi connectivity index (χ0n) is 18.1. The van der Waals surface area contributed by atoms with Gasteiger partial charge in [0, 0.05) is 23.7 Å². The normalized spacial score (nSPS) is 11.6.